The molecule has 0 bridgehead atoms. The van der Waals surface area contributed by atoms with Gasteiger partial charge in [-0.3, -0.25) is 19.9 Å². The molecule has 1 aromatic heterocycles. The molecule has 0 saturated carbocycles. The lowest BCUT2D eigenvalue weighted by Gasteiger charge is -2.07. The van der Waals surface area contributed by atoms with Gasteiger partial charge in [0, 0.05) is 16.8 Å². The van der Waals surface area contributed by atoms with E-state index in [0.29, 0.717) is 17.7 Å². The Kier molecular flexibility index (Phi) is 5.08. The van der Waals surface area contributed by atoms with Crippen molar-refractivity contribution in [3.05, 3.63) is 64.5 Å². The highest BCUT2D eigenvalue weighted by Crippen LogP contribution is 2.22. The van der Waals surface area contributed by atoms with E-state index in [4.69, 9.17) is 5.21 Å². The summed E-state index contributed by atoms with van der Waals surface area (Å²) in [5.74, 6) is -0.730. The van der Waals surface area contributed by atoms with Crippen molar-refractivity contribution in [3.63, 3.8) is 0 Å². The number of amides is 2. The molecular weight excluding hydrogens is 356 g/mol. The second kappa shape index (κ2) is 7.82. The van der Waals surface area contributed by atoms with Crippen molar-refractivity contribution >= 4 is 22.6 Å². The minimum Gasteiger partial charge on any atom is -0.346 e. The van der Waals surface area contributed by atoms with Crippen molar-refractivity contribution in [2.45, 2.75) is 38.6 Å². The molecule has 0 radical (unpaired) electrons. The summed E-state index contributed by atoms with van der Waals surface area (Å²) >= 11 is 0. The topological polar surface area (TPSA) is 107 Å². The Morgan fingerprint density at radius 3 is 2.36 bits per heavy atom. The van der Waals surface area contributed by atoms with Gasteiger partial charge >= 0.3 is 0 Å². The molecule has 0 fully saturated rings. The number of benzene rings is 2. The minimum atomic E-state index is -0.568. The molecule has 0 aliphatic heterocycles. The third-order valence-electron chi connectivity index (χ3n) is 5.27. The summed E-state index contributed by atoms with van der Waals surface area (Å²) in [4.78, 5) is 24.1. The molecule has 3 aromatic rings. The van der Waals surface area contributed by atoms with Crippen LogP contribution in [0.25, 0.3) is 10.8 Å². The number of carbonyl (C=O) groups excluding carboxylic acids is 2. The second-order valence-electron chi connectivity index (χ2n) is 7.09. The summed E-state index contributed by atoms with van der Waals surface area (Å²) in [7, 11) is 0. The van der Waals surface area contributed by atoms with E-state index in [0.717, 1.165) is 35.7 Å². The van der Waals surface area contributed by atoms with Crippen LogP contribution in [-0.2, 0) is 19.4 Å². The van der Waals surface area contributed by atoms with Crippen LogP contribution in [-0.4, -0.2) is 27.2 Å². The van der Waals surface area contributed by atoms with Crippen molar-refractivity contribution in [1.82, 2.24) is 21.0 Å². The van der Waals surface area contributed by atoms with Gasteiger partial charge in [-0.15, -0.1) is 0 Å². The zero-order valence-corrected chi connectivity index (χ0v) is 15.4. The maximum Gasteiger partial charge on any atom is 0.274 e. The van der Waals surface area contributed by atoms with E-state index < -0.39 is 5.91 Å². The Morgan fingerprint density at radius 2 is 1.64 bits per heavy atom. The Bertz CT molecular complexity index is 1040. The number of carbonyl (C=O) groups is 2. The Labute approximate surface area is 162 Å². The van der Waals surface area contributed by atoms with Crippen LogP contribution in [0.15, 0.2) is 36.4 Å². The smallest absolute Gasteiger partial charge is 0.274 e. The Morgan fingerprint density at radius 1 is 0.964 bits per heavy atom. The first-order valence-corrected chi connectivity index (χ1v) is 9.47. The molecular formula is C21H22N4O3. The van der Waals surface area contributed by atoms with Gasteiger partial charge in [0.15, 0.2) is 0 Å². The summed E-state index contributed by atoms with van der Waals surface area (Å²) in [5.41, 5.74) is 5.90. The first-order valence-electron chi connectivity index (χ1n) is 9.47. The number of rotatable bonds is 4. The SMILES string of the molecule is O=C(NO)c1ccc2cc(C(=O)NCc3n[nH]c4c3CCCCC4)ccc2c1. The highest BCUT2D eigenvalue weighted by atomic mass is 16.5. The van der Waals surface area contributed by atoms with Crippen LogP contribution in [0.3, 0.4) is 0 Å². The van der Waals surface area contributed by atoms with Crippen LogP contribution in [0.1, 0.15) is 56.9 Å². The van der Waals surface area contributed by atoms with Gasteiger partial charge in [-0.2, -0.15) is 5.10 Å². The fraction of sp³-hybridized carbons (Fsp3) is 0.286. The second-order valence-corrected chi connectivity index (χ2v) is 7.09. The molecule has 4 N–H and O–H groups in total. The zero-order chi connectivity index (χ0) is 19.5. The summed E-state index contributed by atoms with van der Waals surface area (Å²) in [6, 6.07) is 10.3. The monoisotopic (exact) mass is 378 g/mol. The van der Waals surface area contributed by atoms with Crippen molar-refractivity contribution in [3.8, 4) is 0 Å². The molecule has 0 spiro atoms. The van der Waals surface area contributed by atoms with Crippen LogP contribution in [0.2, 0.25) is 0 Å². The fourth-order valence-corrected chi connectivity index (χ4v) is 3.73. The Balaban J connectivity index is 1.48. The van der Waals surface area contributed by atoms with Crippen molar-refractivity contribution in [2.75, 3.05) is 0 Å². The van der Waals surface area contributed by atoms with Crippen LogP contribution >= 0.6 is 0 Å². The van der Waals surface area contributed by atoms with Gasteiger partial charge < -0.3 is 5.32 Å². The molecule has 7 nitrogen and oxygen atoms in total. The molecule has 1 heterocycles. The van der Waals surface area contributed by atoms with E-state index in [1.807, 2.05) is 0 Å². The van der Waals surface area contributed by atoms with Gasteiger partial charge in [-0.05, 0) is 66.3 Å². The molecule has 2 amide bonds. The molecule has 28 heavy (non-hydrogen) atoms. The van der Waals surface area contributed by atoms with Crippen LogP contribution in [0, 0.1) is 0 Å². The third kappa shape index (κ3) is 3.61. The van der Waals surface area contributed by atoms with E-state index in [-0.39, 0.29) is 5.91 Å². The highest BCUT2D eigenvalue weighted by molar-refractivity contribution is 6.01. The van der Waals surface area contributed by atoms with E-state index in [2.05, 4.69) is 15.5 Å². The average Bonchev–Trinajstić information content (AvgIpc) is 2.96. The number of hydroxylamine groups is 1. The van der Waals surface area contributed by atoms with Crippen molar-refractivity contribution in [1.29, 1.82) is 0 Å². The average molecular weight is 378 g/mol. The molecule has 2 aromatic carbocycles. The number of aromatic amines is 1. The van der Waals surface area contributed by atoms with Gasteiger partial charge in [0.1, 0.15) is 0 Å². The molecule has 1 aliphatic rings. The molecule has 4 rings (SSSR count). The predicted octanol–water partition coefficient (Wildman–Crippen LogP) is 2.88. The van der Waals surface area contributed by atoms with Gasteiger partial charge in [-0.1, -0.05) is 18.6 Å². The number of hydrogen-bond donors (Lipinski definition) is 4. The number of hydrogen-bond acceptors (Lipinski definition) is 4. The molecule has 0 atom stereocenters. The summed E-state index contributed by atoms with van der Waals surface area (Å²) in [6.07, 6.45) is 5.61. The van der Waals surface area contributed by atoms with E-state index in [9.17, 15) is 9.59 Å². The number of aromatic nitrogens is 2. The largest absolute Gasteiger partial charge is 0.346 e. The lowest BCUT2D eigenvalue weighted by molar-refractivity contribution is 0.0706. The lowest BCUT2D eigenvalue weighted by Crippen LogP contribution is -2.23. The Hall–Kier alpha value is -3.19. The van der Waals surface area contributed by atoms with Gasteiger partial charge in [0.2, 0.25) is 0 Å². The molecule has 0 saturated heterocycles. The quantitative estimate of drug-likeness (QED) is 0.318. The third-order valence-corrected chi connectivity index (χ3v) is 5.27. The number of nitrogens with zero attached hydrogens (tertiary/aromatic N) is 1. The van der Waals surface area contributed by atoms with E-state index in [1.54, 1.807) is 41.9 Å². The number of nitrogens with one attached hydrogen (secondary N) is 3. The fourth-order valence-electron chi connectivity index (χ4n) is 3.73. The number of H-pyrrole nitrogens is 1. The summed E-state index contributed by atoms with van der Waals surface area (Å²) in [6.45, 7) is 0.401. The van der Waals surface area contributed by atoms with Crippen LogP contribution < -0.4 is 10.8 Å². The summed E-state index contributed by atoms with van der Waals surface area (Å²) in [5, 5.41) is 20.9. The lowest BCUT2D eigenvalue weighted by atomic mass is 10.0. The normalized spacial score (nSPS) is 13.6. The minimum absolute atomic E-state index is 0.163. The maximum atomic E-state index is 12.6. The van der Waals surface area contributed by atoms with Crippen molar-refractivity contribution < 1.29 is 14.8 Å². The number of aryl methyl sites for hydroxylation is 1. The van der Waals surface area contributed by atoms with E-state index >= 15 is 0 Å². The van der Waals surface area contributed by atoms with E-state index in [1.165, 1.54) is 24.1 Å². The first-order chi connectivity index (χ1) is 13.7. The zero-order valence-electron chi connectivity index (χ0n) is 15.4. The highest BCUT2D eigenvalue weighted by Gasteiger charge is 2.16. The summed E-state index contributed by atoms with van der Waals surface area (Å²) < 4.78 is 0. The van der Waals surface area contributed by atoms with Gasteiger partial charge in [-0.25, -0.2) is 5.48 Å². The van der Waals surface area contributed by atoms with Gasteiger partial charge in [0.25, 0.3) is 11.8 Å². The van der Waals surface area contributed by atoms with Crippen LogP contribution in [0.5, 0.6) is 0 Å². The molecule has 144 valence electrons. The standard InChI is InChI=1S/C21H22N4O3/c26-20(22-12-19-17-4-2-1-3-5-18(17)23-24-19)15-8-6-14-11-16(21(27)25-28)9-7-13(14)10-15/h6-11,28H,1-5,12H2,(H,22,26)(H,23,24)(H,25,27). The number of fused-ring (bicyclic) bond motifs is 2. The molecule has 0 unspecified atom stereocenters. The predicted molar refractivity (Wildman–Crippen MR) is 104 cm³/mol. The van der Waals surface area contributed by atoms with Crippen molar-refractivity contribution in [2.24, 2.45) is 0 Å². The molecule has 1 aliphatic carbocycles. The van der Waals surface area contributed by atoms with Gasteiger partial charge in [0.05, 0.1) is 12.2 Å². The first kappa shape index (κ1) is 18.2. The maximum absolute atomic E-state index is 12.6. The van der Waals surface area contributed by atoms with Crippen LogP contribution in [0.4, 0.5) is 0 Å². The molecule has 7 heteroatoms.